The molecule has 0 amide bonds. The van der Waals surface area contributed by atoms with Crippen LogP contribution in [0.15, 0.2) is 23.4 Å². The summed E-state index contributed by atoms with van der Waals surface area (Å²) in [6.07, 6.45) is 0. The third kappa shape index (κ3) is 4.15. The van der Waals surface area contributed by atoms with Crippen LogP contribution in [0.5, 0.6) is 0 Å². The molecule has 2 nitrogen and oxygen atoms in total. The van der Waals surface area contributed by atoms with E-state index in [4.69, 9.17) is 4.84 Å². The molecular formula is C13H18NO. The van der Waals surface area contributed by atoms with Gasteiger partial charge in [-0.15, -0.1) is 0 Å². The lowest BCUT2D eigenvalue weighted by atomic mass is 10.1. The van der Waals surface area contributed by atoms with E-state index in [9.17, 15) is 0 Å². The molecule has 0 atom stereocenters. The zero-order chi connectivity index (χ0) is 11.3. The molecule has 0 aliphatic heterocycles. The van der Waals surface area contributed by atoms with E-state index >= 15 is 0 Å². The van der Waals surface area contributed by atoms with Crippen molar-refractivity contribution in [2.75, 3.05) is 6.61 Å². The summed E-state index contributed by atoms with van der Waals surface area (Å²) < 4.78 is 0. The fourth-order valence-electron chi connectivity index (χ4n) is 1.15. The van der Waals surface area contributed by atoms with E-state index in [1.54, 1.807) is 0 Å². The SMILES string of the molecule is CC(=NOCC(C)C)c1cc[c]c(C)c1. The van der Waals surface area contributed by atoms with Gasteiger partial charge in [-0.05, 0) is 43.0 Å². The van der Waals surface area contributed by atoms with Crippen molar-refractivity contribution in [3.8, 4) is 0 Å². The minimum Gasteiger partial charge on any atom is -0.395 e. The highest BCUT2D eigenvalue weighted by atomic mass is 16.6. The minimum atomic E-state index is 0.507. The largest absolute Gasteiger partial charge is 0.395 e. The van der Waals surface area contributed by atoms with Crippen LogP contribution < -0.4 is 0 Å². The lowest BCUT2D eigenvalue weighted by Gasteiger charge is -2.04. The average molecular weight is 204 g/mol. The van der Waals surface area contributed by atoms with Crippen LogP contribution in [-0.4, -0.2) is 12.3 Å². The Morgan fingerprint density at radius 3 is 2.87 bits per heavy atom. The molecule has 1 aromatic carbocycles. The number of hydrogen-bond acceptors (Lipinski definition) is 2. The predicted octanol–water partition coefficient (Wildman–Crippen LogP) is 3.19. The van der Waals surface area contributed by atoms with Crippen LogP contribution in [0.25, 0.3) is 0 Å². The summed E-state index contributed by atoms with van der Waals surface area (Å²) in [5.41, 5.74) is 3.12. The molecule has 0 heterocycles. The Kier molecular flexibility index (Phi) is 4.35. The van der Waals surface area contributed by atoms with E-state index in [2.05, 4.69) is 31.1 Å². The standard InChI is InChI=1S/C13H18NO/c1-10(2)9-15-14-12(4)13-7-5-6-11(3)8-13/h5,7-8,10H,9H2,1-4H3. The Labute approximate surface area is 91.9 Å². The van der Waals surface area contributed by atoms with Crippen LogP contribution in [0.3, 0.4) is 0 Å². The molecule has 0 aliphatic carbocycles. The van der Waals surface area contributed by atoms with E-state index in [0.717, 1.165) is 16.8 Å². The molecule has 0 spiro atoms. The normalized spacial score (nSPS) is 11.9. The quantitative estimate of drug-likeness (QED) is 0.545. The molecule has 0 fully saturated rings. The van der Waals surface area contributed by atoms with Crippen molar-refractivity contribution in [2.45, 2.75) is 27.7 Å². The molecule has 0 saturated heterocycles. The Balaban J connectivity index is 2.63. The van der Waals surface area contributed by atoms with Crippen LogP contribution in [0.1, 0.15) is 31.9 Å². The van der Waals surface area contributed by atoms with Gasteiger partial charge in [-0.25, -0.2) is 0 Å². The first-order chi connectivity index (χ1) is 7.09. The predicted molar refractivity (Wildman–Crippen MR) is 63.0 cm³/mol. The van der Waals surface area contributed by atoms with Gasteiger partial charge in [-0.2, -0.15) is 0 Å². The molecule has 15 heavy (non-hydrogen) atoms. The Morgan fingerprint density at radius 2 is 2.27 bits per heavy atom. The summed E-state index contributed by atoms with van der Waals surface area (Å²) in [6, 6.07) is 9.06. The number of rotatable bonds is 4. The summed E-state index contributed by atoms with van der Waals surface area (Å²) in [6.45, 7) is 8.84. The first kappa shape index (κ1) is 11.8. The average Bonchev–Trinajstić information content (AvgIpc) is 2.17. The molecule has 0 aliphatic rings. The number of aryl methyl sites for hydroxylation is 1. The topological polar surface area (TPSA) is 21.6 Å². The van der Waals surface area contributed by atoms with Crippen molar-refractivity contribution in [3.05, 3.63) is 35.4 Å². The molecular weight excluding hydrogens is 186 g/mol. The molecule has 0 unspecified atom stereocenters. The molecule has 2 heteroatoms. The summed E-state index contributed by atoms with van der Waals surface area (Å²) in [4.78, 5) is 5.23. The van der Waals surface area contributed by atoms with E-state index in [-0.39, 0.29) is 0 Å². The second-order valence-corrected chi connectivity index (χ2v) is 4.13. The first-order valence-corrected chi connectivity index (χ1v) is 5.25. The number of benzene rings is 1. The van der Waals surface area contributed by atoms with Crippen molar-refractivity contribution in [1.82, 2.24) is 0 Å². The maximum atomic E-state index is 5.23. The molecule has 1 aromatic rings. The Hall–Kier alpha value is -1.31. The Bertz CT molecular complexity index is 342. The van der Waals surface area contributed by atoms with Gasteiger partial charge in [0.15, 0.2) is 0 Å². The lowest BCUT2D eigenvalue weighted by molar-refractivity contribution is 0.118. The van der Waals surface area contributed by atoms with E-state index < -0.39 is 0 Å². The number of nitrogens with zero attached hydrogens (tertiary/aromatic N) is 1. The highest BCUT2D eigenvalue weighted by molar-refractivity contribution is 5.98. The maximum absolute atomic E-state index is 5.23. The van der Waals surface area contributed by atoms with Crippen molar-refractivity contribution in [3.63, 3.8) is 0 Å². The van der Waals surface area contributed by atoms with Gasteiger partial charge < -0.3 is 4.84 Å². The summed E-state index contributed by atoms with van der Waals surface area (Å²) >= 11 is 0. The van der Waals surface area contributed by atoms with E-state index in [1.165, 1.54) is 0 Å². The van der Waals surface area contributed by atoms with Gasteiger partial charge in [0, 0.05) is 0 Å². The smallest absolute Gasteiger partial charge is 0.119 e. The monoisotopic (exact) mass is 204 g/mol. The molecule has 0 N–H and O–H groups in total. The third-order valence-electron chi connectivity index (χ3n) is 1.97. The summed E-state index contributed by atoms with van der Waals surface area (Å²) in [5.74, 6) is 0.507. The van der Waals surface area contributed by atoms with Crippen LogP contribution in [-0.2, 0) is 4.84 Å². The van der Waals surface area contributed by atoms with Crippen molar-refractivity contribution in [2.24, 2.45) is 11.1 Å². The fourth-order valence-corrected chi connectivity index (χ4v) is 1.15. The van der Waals surface area contributed by atoms with Crippen molar-refractivity contribution in [1.29, 1.82) is 0 Å². The van der Waals surface area contributed by atoms with Crippen LogP contribution in [0.2, 0.25) is 0 Å². The maximum Gasteiger partial charge on any atom is 0.119 e. The zero-order valence-corrected chi connectivity index (χ0v) is 9.87. The van der Waals surface area contributed by atoms with Gasteiger partial charge in [-0.3, -0.25) is 0 Å². The fraction of sp³-hybridized carbons (Fsp3) is 0.462. The third-order valence-corrected chi connectivity index (χ3v) is 1.97. The first-order valence-electron chi connectivity index (χ1n) is 5.25. The van der Waals surface area contributed by atoms with Gasteiger partial charge in [0.25, 0.3) is 0 Å². The highest BCUT2D eigenvalue weighted by Crippen LogP contribution is 2.05. The molecule has 81 valence electrons. The minimum absolute atomic E-state index is 0.507. The van der Waals surface area contributed by atoms with Gasteiger partial charge >= 0.3 is 0 Å². The number of oxime groups is 1. The zero-order valence-electron chi connectivity index (χ0n) is 9.87. The van der Waals surface area contributed by atoms with Gasteiger partial charge in [-0.1, -0.05) is 31.1 Å². The van der Waals surface area contributed by atoms with Crippen LogP contribution in [0, 0.1) is 18.9 Å². The van der Waals surface area contributed by atoms with Gasteiger partial charge in [0.05, 0.1) is 5.71 Å². The van der Waals surface area contributed by atoms with Crippen molar-refractivity contribution < 1.29 is 4.84 Å². The molecule has 0 bridgehead atoms. The molecule has 1 radical (unpaired) electrons. The highest BCUT2D eigenvalue weighted by Gasteiger charge is 1.98. The second kappa shape index (κ2) is 5.54. The van der Waals surface area contributed by atoms with Crippen LogP contribution in [0.4, 0.5) is 0 Å². The van der Waals surface area contributed by atoms with Crippen molar-refractivity contribution >= 4 is 5.71 Å². The van der Waals surface area contributed by atoms with Gasteiger partial charge in [0.1, 0.15) is 6.61 Å². The van der Waals surface area contributed by atoms with Gasteiger partial charge in [0.2, 0.25) is 0 Å². The summed E-state index contributed by atoms with van der Waals surface area (Å²) in [5, 5.41) is 4.08. The summed E-state index contributed by atoms with van der Waals surface area (Å²) in [7, 11) is 0. The lowest BCUT2D eigenvalue weighted by Crippen LogP contribution is -2.01. The second-order valence-electron chi connectivity index (χ2n) is 4.13. The van der Waals surface area contributed by atoms with Crippen LogP contribution >= 0.6 is 0 Å². The van der Waals surface area contributed by atoms with E-state index in [1.807, 2.05) is 26.0 Å². The Morgan fingerprint density at radius 1 is 1.53 bits per heavy atom. The number of hydrogen-bond donors (Lipinski definition) is 0. The molecule has 0 aromatic heterocycles. The molecule has 1 rings (SSSR count). The molecule has 0 saturated carbocycles. The van der Waals surface area contributed by atoms with E-state index in [0.29, 0.717) is 12.5 Å².